The average molecular weight is 288 g/mol. The maximum atomic E-state index is 11.8. The van der Waals surface area contributed by atoms with Crippen molar-refractivity contribution < 1.29 is 14.7 Å². The summed E-state index contributed by atoms with van der Waals surface area (Å²) in [6.45, 7) is 1.96. The summed E-state index contributed by atoms with van der Waals surface area (Å²) in [5, 5.41) is 14.2. The molecule has 1 aromatic carbocycles. The number of carbonyl (C=O) groups excluding carboxylic acids is 1. The molecule has 1 aromatic rings. The van der Waals surface area contributed by atoms with Crippen molar-refractivity contribution in [1.29, 1.82) is 0 Å². The Morgan fingerprint density at radius 1 is 1.29 bits per heavy atom. The molecular formula is C16H20N2O3. The van der Waals surface area contributed by atoms with Gasteiger partial charge in [-0.1, -0.05) is 49.6 Å². The molecule has 0 spiro atoms. The third-order valence-corrected chi connectivity index (χ3v) is 2.97. The minimum absolute atomic E-state index is 0.220. The fraction of sp³-hybridized carbons (Fsp3) is 0.375. The van der Waals surface area contributed by atoms with E-state index in [1.165, 1.54) is 0 Å². The van der Waals surface area contributed by atoms with Crippen LogP contribution in [0.4, 0.5) is 4.79 Å². The van der Waals surface area contributed by atoms with Crippen molar-refractivity contribution in [3.63, 3.8) is 0 Å². The van der Waals surface area contributed by atoms with Crippen LogP contribution in [0, 0.1) is 12.3 Å². The van der Waals surface area contributed by atoms with Gasteiger partial charge in [0, 0.05) is 6.42 Å². The van der Waals surface area contributed by atoms with Crippen molar-refractivity contribution in [2.45, 2.75) is 38.3 Å². The van der Waals surface area contributed by atoms with Crippen molar-refractivity contribution in [2.75, 3.05) is 0 Å². The molecule has 5 heteroatoms. The molecule has 0 aliphatic heterocycles. The lowest BCUT2D eigenvalue weighted by Gasteiger charge is -2.17. The van der Waals surface area contributed by atoms with Gasteiger partial charge in [-0.2, -0.15) is 0 Å². The van der Waals surface area contributed by atoms with Crippen LogP contribution in [0.3, 0.4) is 0 Å². The maximum absolute atomic E-state index is 11.8. The van der Waals surface area contributed by atoms with E-state index in [-0.39, 0.29) is 12.5 Å². The summed E-state index contributed by atoms with van der Waals surface area (Å²) in [5.74, 6) is 1.38. The minimum atomic E-state index is -1.08. The van der Waals surface area contributed by atoms with Crippen LogP contribution in [0.25, 0.3) is 0 Å². The van der Waals surface area contributed by atoms with Crippen molar-refractivity contribution in [3.05, 3.63) is 35.9 Å². The smallest absolute Gasteiger partial charge is 0.326 e. The first-order valence-electron chi connectivity index (χ1n) is 6.86. The summed E-state index contributed by atoms with van der Waals surface area (Å²) in [7, 11) is 0. The molecule has 112 valence electrons. The summed E-state index contributed by atoms with van der Waals surface area (Å²) in [5.41, 5.74) is 0.840. The van der Waals surface area contributed by atoms with Crippen LogP contribution in [0.2, 0.25) is 0 Å². The Morgan fingerprint density at radius 3 is 2.48 bits per heavy atom. The summed E-state index contributed by atoms with van der Waals surface area (Å²) in [6.07, 6.45) is 7.02. The van der Waals surface area contributed by atoms with Gasteiger partial charge in [0.05, 0.1) is 6.04 Å². The number of rotatable bonds is 7. The first kappa shape index (κ1) is 16.6. The topological polar surface area (TPSA) is 78.4 Å². The van der Waals surface area contributed by atoms with Crippen molar-refractivity contribution >= 4 is 12.0 Å². The lowest BCUT2D eigenvalue weighted by atomic mass is 10.1. The number of carbonyl (C=O) groups is 2. The molecule has 21 heavy (non-hydrogen) atoms. The predicted octanol–water partition coefficient (Wildman–Crippen LogP) is 1.78. The van der Waals surface area contributed by atoms with Gasteiger partial charge in [0.2, 0.25) is 0 Å². The number of benzene rings is 1. The molecule has 0 heterocycles. The highest BCUT2D eigenvalue weighted by atomic mass is 16.4. The molecule has 0 saturated heterocycles. The molecule has 0 radical (unpaired) electrons. The van der Waals surface area contributed by atoms with E-state index in [0.717, 1.165) is 12.0 Å². The molecule has 0 aromatic heterocycles. The van der Waals surface area contributed by atoms with Crippen LogP contribution in [0.15, 0.2) is 30.3 Å². The second kappa shape index (κ2) is 8.64. The van der Waals surface area contributed by atoms with E-state index in [9.17, 15) is 14.7 Å². The average Bonchev–Trinajstić information content (AvgIpc) is 2.47. The zero-order valence-electron chi connectivity index (χ0n) is 12.0. The lowest BCUT2D eigenvalue weighted by molar-refractivity contribution is -0.139. The second-order valence-corrected chi connectivity index (χ2v) is 4.71. The van der Waals surface area contributed by atoms with Gasteiger partial charge in [0.25, 0.3) is 0 Å². The third-order valence-electron chi connectivity index (χ3n) is 2.97. The van der Waals surface area contributed by atoms with Crippen LogP contribution in [0.1, 0.15) is 25.3 Å². The van der Waals surface area contributed by atoms with Gasteiger partial charge in [-0.25, -0.2) is 9.59 Å². The minimum Gasteiger partial charge on any atom is -0.480 e. The number of hydrogen-bond donors (Lipinski definition) is 3. The molecule has 0 saturated carbocycles. The van der Waals surface area contributed by atoms with Crippen LogP contribution in [-0.2, 0) is 11.2 Å². The zero-order valence-corrected chi connectivity index (χ0v) is 12.0. The Kier molecular flexibility index (Phi) is 6.82. The SMILES string of the molecule is C#CC(CCC)NC(=O)N[C@@H](Cc1ccccc1)C(=O)O. The Bertz CT molecular complexity index is 508. The largest absolute Gasteiger partial charge is 0.480 e. The molecule has 0 aliphatic carbocycles. The molecule has 1 unspecified atom stereocenters. The molecule has 1 rings (SSSR count). The summed E-state index contributed by atoms with van der Waals surface area (Å²) < 4.78 is 0. The standard InChI is InChI=1S/C16H20N2O3/c1-3-8-13(4-2)17-16(21)18-14(15(19)20)11-12-9-6-5-7-10-12/h2,5-7,9-10,13-14H,3,8,11H2,1H3,(H,19,20)(H2,17,18,21)/t13?,14-/m0/s1. The molecule has 5 nitrogen and oxygen atoms in total. The molecular weight excluding hydrogens is 268 g/mol. The molecule has 3 N–H and O–H groups in total. The highest BCUT2D eigenvalue weighted by molar-refractivity contribution is 5.83. The first-order valence-corrected chi connectivity index (χ1v) is 6.86. The predicted molar refractivity (Wildman–Crippen MR) is 80.8 cm³/mol. The van der Waals surface area contributed by atoms with E-state index in [4.69, 9.17) is 6.42 Å². The number of carboxylic acids is 1. The van der Waals surface area contributed by atoms with Crippen LogP contribution >= 0.6 is 0 Å². The Labute approximate surface area is 124 Å². The highest BCUT2D eigenvalue weighted by Gasteiger charge is 2.21. The fourth-order valence-electron chi connectivity index (χ4n) is 1.89. The van der Waals surface area contributed by atoms with Crippen molar-refractivity contribution in [2.24, 2.45) is 0 Å². The molecule has 0 bridgehead atoms. The molecule has 2 atom stereocenters. The van der Waals surface area contributed by atoms with Gasteiger partial charge in [0.1, 0.15) is 6.04 Å². The number of amides is 2. The van der Waals surface area contributed by atoms with Crippen LogP contribution in [0.5, 0.6) is 0 Å². The van der Waals surface area contributed by atoms with E-state index >= 15 is 0 Å². The number of aliphatic carboxylic acids is 1. The summed E-state index contributed by atoms with van der Waals surface area (Å²) in [6, 6.07) is 7.19. The van der Waals surface area contributed by atoms with Gasteiger partial charge in [-0.05, 0) is 12.0 Å². The van der Waals surface area contributed by atoms with E-state index in [1.54, 1.807) is 0 Å². The lowest BCUT2D eigenvalue weighted by Crippen LogP contribution is -2.49. The summed E-state index contributed by atoms with van der Waals surface area (Å²) in [4.78, 5) is 23.0. The monoisotopic (exact) mass is 288 g/mol. The molecule has 2 amide bonds. The highest BCUT2D eigenvalue weighted by Crippen LogP contribution is 2.03. The fourth-order valence-corrected chi connectivity index (χ4v) is 1.89. The van der Waals surface area contributed by atoms with Gasteiger partial charge in [-0.3, -0.25) is 0 Å². The van der Waals surface area contributed by atoms with Crippen molar-refractivity contribution in [1.82, 2.24) is 10.6 Å². The maximum Gasteiger partial charge on any atom is 0.326 e. The van der Waals surface area contributed by atoms with E-state index in [0.29, 0.717) is 6.42 Å². The van der Waals surface area contributed by atoms with Crippen LogP contribution < -0.4 is 10.6 Å². The Balaban J connectivity index is 2.60. The summed E-state index contributed by atoms with van der Waals surface area (Å²) >= 11 is 0. The van der Waals surface area contributed by atoms with Gasteiger partial charge in [-0.15, -0.1) is 6.42 Å². The van der Waals surface area contributed by atoms with Crippen LogP contribution in [-0.4, -0.2) is 29.2 Å². The number of urea groups is 1. The zero-order chi connectivity index (χ0) is 15.7. The van der Waals surface area contributed by atoms with E-state index in [1.807, 2.05) is 37.3 Å². The Hall–Kier alpha value is -2.48. The van der Waals surface area contributed by atoms with Gasteiger partial charge >= 0.3 is 12.0 Å². The van der Waals surface area contributed by atoms with Gasteiger partial charge < -0.3 is 15.7 Å². The quantitative estimate of drug-likeness (QED) is 0.669. The third kappa shape index (κ3) is 6.00. The first-order chi connectivity index (χ1) is 10.1. The molecule has 0 aliphatic rings. The second-order valence-electron chi connectivity index (χ2n) is 4.71. The number of terminal acetylenes is 1. The van der Waals surface area contributed by atoms with Gasteiger partial charge in [0.15, 0.2) is 0 Å². The van der Waals surface area contributed by atoms with E-state index in [2.05, 4.69) is 16.6 Å². The van der Waals surface area contributed by atoms with E-state index < -0.39 is 18.0 Å². The normalized spacial score (nSPS) is 12.8. The number of carboxylic acid groups (broad SMARTS) is 1. The Morgan fingerprint density at radius 2 is 1.95 bits per heavy atom. The number of hydrogen-bond acceptors (Lipinski definition) is 2. The molecule has 0 fully saturated rings. The van der Waals surface area contributed by atoms with Crippen molar-refractivity contribution in [3.8, 4) is 12.3 Å². The number of nitrogens with one attached hydrogen (secondary N) is 2.